The molecule has 2 aliphatic rings. The predicted octanol–water partition coefficient (Wildman–Crippen LogP) is 4.47. The van der Waals surface area contributed by atoms with Gasteiger partial charge in [-0.15, -0.1) is 0 Å². The van der Waals surface area contributed by atoms with Crippen LogP contribution in [0.5, 0.6) is 0 Å². The molecule has 1 unspecified atom stereocenters. The minimum absolute atomic E-state index is 0.0456. The summed E-state index contributed by atoms with van der Waals surface area (Å²) in [5.74, 6) is 0.154. The Labute approximate surface area is 180 Å². The summed E-state index contributed by atoms with van der Waals surface area (Å²) in [4.78, 5) is 26.1. The number of carbonyl (C=O) groups is 2. The van der Waals surface area contributed by atoms with Crippen LogP contribution >= 0.6 is 11.6 Å². The van der Waals surface area contributed by atoms with Gasteiger partial charge in [-0.05, 0) is 80.7 Å². The number of H-pyrrole nitrogens is 1. The van der Waals surface area contributed by atoms with E-state index in [0.29, 0.717) is 23.8 Å². The topological polar surface area (TPSA) is 66.1 Å². The number of aromatic amines is 1. The Balaban J connectivity index is 1.41. The second-order valence-corrected chi connectivity index (χ2v) is 8.64. The lowest BCUT2D eigenvalue weighted by atomic mass is 9.86. The largest absolute Gasteiger partial charge is 0.337 e. The number of nitrogens with zero attached hydrogens (tertiary/aromatic N) is 2. The van der Waals surface area contributed by atoms with Gasteiger partial charge in [-0.3, -0.25) is 14.7 Å². The molecule has 30 heavy (non-hydrogen) atoms. The SMILES string of the molecule is CC(=O)/C=C/C1CCc2c(C(=O)N3CCC(c4cc(F)ccc4Cl)CC3)n[nH]c2C1. The van der Waals surface area contributed by atoms with Crippen molar-refractivity contribution in [2.24, 2.45) is 5.92 Å². The van der Waals surface area contributed by atoms with Crippen LogP contribution in [-0.2, 0) is 17.6 Å². The lowest BCUT2D eigenvalue weighted by molar-refractivity contribution is -0.112. The predicted molar refractivity (Wildman–Crippen MR) is 113 cm³/mol. The van der Waals surface area contributed by atoms with Crippen LogP contribution in [-0.4, -0.2) is 39.9 Å². The molecule has 1 N–H and O–H groups in total. The number of allylic oxidation sites excluding steroid dienone is 2. The second-order valence-electron chi connectivity index (χ2n) is 8.23. The molecule has 1 aliphatic carbocycles. The number of nitrogens with one attached hydrogen (secondary N) is 1. The van der Waals surface area contributed by atoms with Gasteiger partial charge in [0.2, 0.25) is 0 Å². The fourth-order valence-electron chi connectivity index (χ4n) is 4.52. The fourth-order valence-corrected chi connectivity index (χ4v) is 4.79. The number of benzene rings is 1. The van der Waals surface area contributed by atoms with Crippen molar-refractivity contribution in [2.45, 2.75) is 44.9 Å². The van der Waals surface area contributed by atoms with Crippen LogP contribution in [0.1, 0.15) is 59.4 Å². The molecule has 0 bridgehead atoms. The number of carbonyl (C=O) groups excluding carboxylic acids is 2. The first-order chi connectivity index (χ1) is 14.4. The van der Waals surface area contributed by atoms with Crippen molar-refractivity contribution in [3.05, 3.63) is 63.7 Å². The maximum atomic E-state index is 13.6. The van der Waals surface area contributed by atoms with Crippen LogP contribution in [0.3, 0.4) is 0 Å². The highest BCUT2D eigenvalue weighted by molar-refractivity contribution is 6.31. The standard InChI is InChI=1S/C23H25ClFN3O2/c1-14(29)2-3-15-4-6-18-21(12-15)26-27-22(18)23(30)28-10-8-16(9-11-28)19-13-17(25)5-7-20(19)24/h2-3,5,7,13,15-16H,4,6,8-12H2,1H3,(H,26,27)/b3-2+. The van der Waals surface area contributed by atoms with E-state index < -0.39 is 0 Å². The monoisotopic (exact) mass is 429 g/mol. The van der Waals surface area contributed by atoms with Crippen LogP contribution in [0.2, 0.25) is 5.02 Å². The van der Waals surface area contributed by atoms with Crippen LogP contribution in [0.25, 0.3) is 0 Å². The van der Waals surface area contributed by atoms with Crippen molar-refractivity contribution < 1.29 is 14.0 Å². The normalized spacial score (nSPS) is 19.8. The van der Waals surface area contributed by atoms with Gasteiger partial charge in [-0.25, -0.2) is 4.39 Å². The maximum Gasteiger partial charge on any atom is 0.274 e. The summed E-state index contributed by atoms with van der Waals surface area (Å²) in [6.45, 7) is 2.74. The lowest BCUT2D eigenvalue weighted by Gasteiger charge is -2.32. The average molecular weight is 430 g/mol. The highest BCUT2D eigenvalue weighted by atomic mass is 35.5. The number of aromatic nitrogens is 2. The number of hydrogen-bond donors (Lipinski definition) is 1. The third kappa shape index (κ3) is 4.33. The highest BCUT2D eigenvalue weighted by Gasteiger charge is 2.31. The van der Waals surface area contributed by atoms with Crippen LogP contribution in [0, 0.1) is 11.7 Å². The molecule has 1 fully saturated rings. The molecule has 1 amide bonds. The number of hydrogen-bond acceptors (Lipinski definition) is 3. The van der Waals surface area contributed by atoms with Gasteiger partial charge in [-0.2, -0.15) is 5.10 Å². The van der Waals surface area contributed by atoms with Gasteiger partial charge in [-0.1, -0.05) is 17.7 Å². The van der Waals surface area contributed by atoms with Gasteiger partial charge in [0.15, 0.2) is 11.5 Å². The Bertz CT molecular complexity index is 992. The van der Waals surface area contributed by atoms with E-state index in [9.17, 15) is 14.0 Å². The third-order valence-corrected chi connectivity index (χ3v) is 6.51. The summed E-state index contributed by atoms with van der Waals surface area (Å²) in [6.07, 6.45) is 7.51. The number of fused-ring (bicyclic) bond motifs is 1. The molecule has 5 nitrogen and oxygen atoms in total. The molecule has 7 heteroatoms. The molecule has 1 aliphatic heterocycles. The summed E-state index contributed by atoms with van der Waals surface area (Å²) < 4.78 is 13.6. The lowest BCUT2D eigenvalue weighted by Crippen LogP contribution is -2.38. The highest BCUT2D eigenvalue weighted by Crippen LogP contribution is 2.34. The molecule has 2 aromatic rings. The first-order valence-corrected chi connectivity index (χ1v) is 10.8. The quantitative estimate of drug-likeness (QED) is 0.729. The molecule has 158 valence electrons. The Hall–Kier alpha value is -2.47. The first kappa shape index (κ1) is 20.8. The van der Waals surface area contributed by atoms with Crippen molar-refractivity contribution in [1.82, 2.24) is 15.1 Å². The van der Waals surface area contributed by atoms with Crippen LogP contribution < -0.4 is 0 Å². The summed E-state index contributed by atoms with van der Waals surface area (Å²) in [5.41, 5.74) is 3.33. The van der Waals surface area contributed by atoms with E-state index in [0.717, 1.165) is 48.9 Å². The Morgan fingerprint density at radius 3 is 2.77 bits per heavy atom. The zero-order valence-electron chi connectivity index (χ0n) is 17.0. The van der Waals surface area contributed by atoms with Crippen molar-refractivity contribution >= 4 is 23.3 Å². The van der Waals surface area contributed by atoms with Crippen molar-refractivity contribution in [1.29, 1.82) is 0 Å². The summed E-state index contributed by atoms with van der Waals surface area (Å²) >= 11 is 6.26. The average Bonchev–Trinajstić information content (AvgIpc) is 3.17. The number of halogens is 2. The van der Waals surface area contributed by atoms with E-state index in [-0.39, 0.29) is 29.3 Å². The Morgan fingerprint density at radius 2 is 2.03 bits per heavy atom. The molecule has 0 saturated carbocycles. The molecule has 1 aromatic heterocycles. The summed E-state index contributed by atoms with van der Waals surface area (Å²) in [6, 6.07) is 4.47. The molecule has 1 saturated heterocycles. The van der Waals surface area contributed by atoms with Gasteiger partial charge in [0.25, 0.3) is 5.91 Å². The van der Waals surface area contributed by atoms with Gasteiger partial charge in [0.1, 0.15) is 5.82 Å². The molecule has 4 rings (SSSR count). The second kappa shape index (κ2) is 8.72. The zero-order chi connectivity index (χ0) is 21.3. The molecular formula is C23H25ClFN3O2. The van der Waals surface area contributed by atoms with Gasteiger partial charge in [0, 0.05) is 29.4 Å². The number of piperidine rings is 1. The van der Waals surface area contributed by atoms with Crippen LogP contribution in [0.4, 0.5) is 4.39 Å². The van der Waals surface area contributed by atoms with Gasteiger partial charge in [0.05, 0.1) is 0 Å². The van der Waals surface area contributed by atoms with Crippen LogP contribution in [0.15, 0.2) is 30.4 Å². The molecule has 1 atom stereocenters. The van der Waals surface area contributed by atoms with E-state index in [1.54, 1.807) is 19.1 Å². The number of amides is 1. The third-order valence-electron chi connectivity index (χ3n) is 6.17. The van der Waals surface area contributed by atoms with Crippen molar-refractivity contribution in [2.75, 3.05) is 13.1 Å². The molecule has 1 aromatic carbocycles. The molecule has 0 radical (unpaired) electrons. The Kier molecular flexibility index (Phi) is 6.04. The number of rotatable bonds is 4. The van der Waals surface area contributed by atoms with E-state index in [1.807, 2.05) is 11.0 Å². The van der Waals surface area contributed by atoms with E-state index in [4.69, 9.17) is 11.6 Å². The van der Waals surface area contributed by atoms with Crippen molar-refractivity contribution in [3.8, 4) is 0 Å². The zero-order valence-corrected chi connectivity index (χ0v) is 17.7. The van der Waals surface area contributed by atoms with Gasteiger partial charge >= 0.3 is 0 Å². The minimum Gasteiger partial charge on any atom is -0.337 e. The summed E-state index contributed by atoms with van der Waals surface area (Å²) in [7, 11) is 0. The van der Waals surface area contributed by atoms with E-state index >= 15 is 0 Å². The van der Waals surface area contributed by atoms with Gasteiger partial charge < -0.3 is 4.90 Å². The van der Waals surface area contributed by atoms with E-state index in [2.05, 4.69) is 10.2 Å². The number of ketones is 1. The fraction of sp³-hybridized carbons (Fsp3) is 0.435. The number of likely N-dealkylation sites (tertiary alicyclic amines) is 1. The van der Waals surface area contributed by atoms with Crippen molar-refractivity contribution in [3.63, 3.8) is 0 Å². The molecular weight excluding hydrogens is 405 g/mol. The smallest absolute Gasteiger partial charge is 0.274 e. The summed E-state index contributed by atoms with van der Waals surface area (Å²) in [5, 5.41) is 7.94. The molecule has 2 heterocycles. The first-order valence-electron chi connectivity index (χ1n) is 10.4. The van der Waals surface area contributed by atoms with E-state index in [1.165, 1.54) is 12.1 Å². The Morgan fingerprint density at radius 1 is 1.27 bits per heavy atom. The maximum absolute atomic E-state index is 13.6. The minimum atomic E-state index is -0.285. The molecule has 0 spiro atoms.